The zero-order valence-electron chi connectivity index (χ0n) is 15.2. The number of hydrogen-bond donors (Lipinski definition) is 1. The third kappa shape index (κ3) is 4.62. The third-order valence-electron chi connectivity index (χ3n) is 3.77. The Morgan fingerprint density at radius 2 is 1.58 bits per heavy atom. The monoisotopic (exact) mass is 361 g/mol. The van der Waals surface area contributed by atoms with Gasteiger partial charge >= 0.3 is 17.9 Å². The molecule has 1 aromatic carbocycles. The number of unbranched alkanes of at least 4 members (excludes halogenated alkanes) is 2. The van der Waals surface area contributed by atoms with Gasteiger partial charge in [0.1, 0.15) is 0 Å². The van der Waals surface area contributed by atoms with Crippen LogP contribution in [0.25, 0.3) is 5.70 Å². The molecule has 0 aromatic heterocycles. The molecule has 0 aliphatic carbocycles. The summed E-state index contributed by atoms with van der Waals surface area (Å²) in [6, 6.07) is 6.11. The van der Waals surface area contributed by atoms with E-state index in [9.17, 15) is 14.4 Å². The molecule has 140 valence electrons. The van der Waals surface area contributed by atoms with Crippen molar-refractivity contribution in [2.75, 3.05) is 6.61 Å². The fourth-order valence-corrected chi connectivity index (χ4v) is 2.40. The number of rotatable bonds is 6. The summed E-state index contributed by atoms with van der Waals surface area (Å²) in [6.45, 7) is 5.35. The molecule has 7 nitrogen and oxygen atoms in total. The van der Waals surface area contributed by atoms with Crippen molar-refractivity contribution < 1.29 is 28.6 Å². The number of ether oxygens (including phenoxy) is 3. The predicted molar refractivity (Wildman–Crippen MR) is 93.6 cm³/mol. The summed E-state index contributed by atoms with van der Waals surface area (Å²) in [5.74, 6) is -3.45. The standard InChI is InChI=1S/C19H23NO6/c1-4-5-6-11-24-16(21)13-9-7-12(8-10-13)15(20)14-17(22)25-19(2,3)26-18(14)23/h7-10H,4-6,11,20H2,1-3H3. The van der Waals surface area contributed by atoms with Gasteiger partial charge < -0.3 is 19.9 Å². The third-order valence-corrected chi connectivity index (χ3v) is 3.77. The lowest BCUT2D eigenvalue weighted by molar-refractivity contribution is -0.222. The average Bonchev–Trinajstić information content (AvgIpc) is 2.57. The minimum absolute atomic E-state index is 0.0710. The van der Waals surface area contributed by atoms with Crippen LogP contribution < -0.4 is 5.73 Å². The van der Waals surface area contributed by atoms with Crippen molar-refractivity contribution in [1.29, 1.82) is 0 Å². The molecule has 7 heteroatoms. The Kier molecular flexibility index (Phi) is 6.02. The summed E-state index contributed by atoms with van der Waals surface area (Å²) in [7, 11) is 0. The van der Waals surface area contributed by atoms with Crippen LogP contribution in [0, 0.1) is 0 Å². The first-order valence-corrected chi connectivity index (χ1v) is 8.49. The van der Waals surface area contributed by atoms with Gasteiger partial charge in [-0.15, -0.1) is 0 Å². The van der Waals surface area contributed by atoms with Gasteiger partial charge in [0.05, 0.1) is 17.9 Å². The van der Waals surface area contributed by atoms with Crippen molar-refractivity contribution in [2.45, 2.75) is 45.8 Å². The molecule has 0 saturated carbocycles. The molecule has 2 N–H and O–H groups in total. The Hall–Kier alpha value is -2.83. The van der Waals surface area contributed by atoms with E-state index in [1.54, 1.807) is 0 Å². The van der Waals surface area contributed by atoms with Crippen LogP contribution in [0.15, 0.2) is 29.8 Å². The molecule has 2 rings (SSSR count). The minimum Gasteiger partial charge on any atom is -0.462 e. The Balaban J connectivity index is 2.13. The molecule has 0 unspecified atom stereocenters. The molecule has 1 saturated heterocycles. The number of cyclic esters (lactones) is 2. The molecule has 0 spiro atoms. The number of carbonyl (C=O) groups is 3. The maximum Gasteiger partial charge on any atom is 0.351 e. The topological polar surface area (TPSA) is 105 Å². The Labute approximate surface area is 152 Å². The summed E-state index contributed by atoms with van der Waals surface area (Å²) in [6.07, 6.45) is 2.86. The normalized spacial score (nSPS) is 15.9. The van der Waals surface area contributed by atoms with E-state index < -0.39 is 23.7 Å². The SMILES string of the molecule is CCCCCOC(=O)c1ccc(C(N)=C2C(=O)OC(C)(C)OC2=O)cc1. The quantitative estimate of drug-likeness (QED) is 0.359. The van der Waals surface area contributed by atoms with Crippen molar-refractivity contribution in [1.82, 2.24) is 0 Å². The smallest absolute Gasteiger partial charge is 0.351 e. The van der Waals surface area contributed by atoms with Crippen LogP contribution in [0.5, 0.6) is 0 Å². The fourth-order valence-electron chi connectivity index (χ4n) is 2.40. The number of benzene rings is 1. The Bertz CT molecular complexity index is 711. The highest BCUT2D eigenvalue weighted by Gasteiger charge is 2.40. The molecule has 0 bridgehead atoms. The van der Waals surface area contributed by atoms with Gasteiger partial charge in [-0.05, 0) is 24.1 Å². The molecule has 1 heterocycles. The second-order valence-electron chi connectivity index (χ2n) is 6.39. The van der Waals surface area contributed by atoms with E-state index in [-0.39, 0.29) is 11.3 Å². The van der Waals surface area contributed by atoms with E-state index in [0.717, 1.165) is 19.3 Å². The Morgan fingerprint density at radius 1 is 1.04 bits per heavy atom. The highest BCUT2D eigenvalue weighted by Crippen LogP contribution is 2.26. The van der Waals surface area contributed by atoms with Gasteiger partial charge in [-0.3, -0.25) is 0 Å². The van der Waals surface area contributed by atoms with Crippen LogP contribution in [0.3, 0.4) is 0 Å². The number of hydrogen-bond acceptors (Lipinski definition) is 7. The summed E-state index contributed by atoms with van der Waals surface area (Å²) in [4.78, 5) is 36.0. The second kappa shape index (κ2) is 8.03. The van der Waals surface area contributed by atoms with Crippen molar-refractivity contribution in [3.05, 3.63) is 41.0 Å². The van der Waals surface area contributed by atoms with Crippen molar-refractivity contribution in [2.24, 2.45) is 5.73 Å². The first kappa shape index (κ1) is 19.5. The largest absolute Gasteiger partial charge is 0.462 e. The summed E-state index contributed by atoms with van der Waals surface area (Å²) in [5, 5.41) is 0. The fraction of sp³-hybridized carbons (Fsp3) is 0.421. The summed E-state index contributed by atoms with van der Waals surface area (Å²) in [5.41, 5.74) is 6.27. The van der Waals surface area contributed by atoms with Crippen LogP contribution in [0.4, 0.5) is 0 Å². The Morgan fingerprint density at radius 3 is 2.12 bits per heavy atom. The van der Waals surface area contributed by atoms with Crippen molar-refractivity contribution in [3.63, 3.8) is 0 Å². The van der Waals surface area contributed by atoms with Gasteiger partial charge in [0, 0.05) is 13.8 Å². The number of carbonyl (C=O) groups excluding carboxylic acids is 3. The average molecular weight is 361 g/mol. The van der Waals surface area contributed by atoms with Gasteiger partial charge in [0.25, 0.3) is 5.79 Å². The van der Waals surface area contributed by atoms with Crippen molar-refractivity contribution >= 4 is 23.6 Å². The summed E-state index contributed by atoms with van der Waals surface area (Å²) < 4.78 is 15.2. The molecular formula is C19H23NO6. The van der Waals surface area contributed by atoms with Gasteiger partial charge in [-0.2, -0.15) is 0 Å². The molecule has 0 amide bonds. The zero-order chi connectivity index (χ0) is 19.3. The van der Waals surface area contributed by atoms with E-state index in [1.807, 2.05) is 0 Å². The van der Waals surface area contributed by atoms with E-state index >= 15 is 0 Å². The highest BCUT2D eigenvalue weighted by atomic mass is 16.7. The van der Waals surface area contributed by atoms with Crippen molar-refractivity contribution in [3.8, 4) is 0 Å². The van der Waals surface area contributed by atoms with Crippen LogP contribution in [0.2, 0.25) is 0 Å². The predicted octanol–water partition coefficient (Wildman–Crippen LogP) is 2.54. The van der Waals surface area contributed by atoms with E-state index in [1.165, 1.54) is 38.1 Å². The maximum atomic E-state index is 12.0. The van der Waals surface area contributed by atoms with E-state index in [0.29, 0.717) is 17.7 Å². The number of esters is 3. The molecule has 1 aliphatic rings. The molecule has 26 heavy (non-hydrogen) atoms. The van der Waals surface area contributed by atoms with E-state index in [2.05, 4.69) is 6.92 Å². The zero-order valence-corrected chi connectivity index (χ0v) is 15.2. The second-order valence-corrected chi connectivity index (χ2v) is 6.39. The van der Waals surface area contributed by atoms with Crippen LogP contribution in [0.1, 0.15) is 56.0 Å². The summed E-state index contributed by atoms with van der Waals surface area (Å²) >= 11 is 0. The lowest BCUT2D eigenvalue weighted by Gasteiger charge is -2.30. The van der Waals surface area contributed by atoms with Gasteiger partial charge in [0.2, 0.25) is 0 Å². The first-order chi connectivity index (χ1) is 12.2. The van der Waals surface area contributed by atoms with E-state index in [4.69, 9.17) is 19.9 Å². The maximum absolute atomic E-state index is 12.0. The van der Waals surface area contributed by atoms with Gasteiger partial charge in [-0.1, -0.05) is 31.9 Å². The lowest BCUT2D eigenvalue weighted by Crippen LogP contribution is -2.42. The lowest BCUT2D eigenvalue weighted by atomic mass is 10.0. The van der Waals surface area contributed by atoms with Crippen LogP contribution in [-0.2, 0) is 23.8 Å². The molecule has 1 aromatic rings. The molecular weight excluding hydrogens is 338 g/mol. The molecule has 0 radical (unpaired) electrons. The minimum atomic E-state index is -1.33. The molecule has 0 atom stereocenters. The van der Waals surface area contributed by atoms with Gasteiger partial charge in [-0.25, -0.2) is 14.4 Å². The number of nitrogens with two attached hydrogens (primary N) is 1. The molecule has 1 fully saturated rings. The van der Waals surface area contributed by atoms with Gasteiger partial charge in [0.15, 0.2) is 5.57 Å². The van der Waals surface area contributed by atoms with Crippen LogP contribution in [-0.4, -0.2) is 30.3 Å². The van der Waals surface area contributed by atoms with Crippen LogP contribution >= 0.6 is 0 Å². The molecule has 1 aliphatic heterocycles. The highest BCUT2D eigenvalue weighted by molar-refractivity contribution is 6.20. The first-order valence-electron chi connectivity index (χ1n) is 8.49.